The fourth-order valence-corrected chi connectivity index (χ4v) is 1.79. The summed E-state index contributed by atoms with van der Waals surface area (Å²) in [6, 6.07) is 7.56. The minimum Gasteiger partial charge on any atom is -0.466 e. The molecule has 106 valence electrons. The Morgan fingerprint density at radius 1 is 1.35 bits per heavy atom. The molecule has 1 heterocycles. The number of hydrogen-bond acceptors (Lipinski definition) is 7. The third-order valence-electron chi connectivity index (χ3n) is 2.66. The highest BCUT2D eigenvalue weighted by molar-refractivity contribution is 5.90. The highest BCUT2D eigenvalue weighted by Gasteiger charge is 2.07. The van der Waals surface area contributed by atoms with E-state index in [1.54, 1.807) is 6.92 Å². The van der Waals surface area contributed by atoms with Crippen molar-refractivity contribution in [3.63, 3.8) is 0 Å². The number of esters is 1. The molecule has 2 aromatic rings. The highest BCUT2D eigenvalue weighted by atomic mass is 16.5. The van der Waals surface area contributed by atoms with Crippen LogP contribution in [0.1, 0.15) is 13.3 Å². The van der Waals surface area contributed by atoms with Gasteiger partial charge in [-0.05, 0) is 19.1 Å². The normalized spacial score (nSPS) is 10.3. The van der Waals surface area contributed by atoms with Gasteiger partial charge in [-0.1, -0.05) is 12.1 Å². The lowest BCUT2D eigenvalue weighted by Crippen LogP contribution is -2.15. The number of carbonyl (C=O) groups is 1. The summed E-state index contributed by atoms with van der Waals surface area (Å²) in [5.41, 5.74) is 3.20. The molecule has 0 saturated heterocycles. The molecule has 4 N–H and O–H groups in total. The van der Waals surface area contributed by atoms with Crippen molar-refractivity contribution in [2.45, 2.75) is 13.3 Å². The molecule has 0 spiro atoms. The van der Waals surface area contributed by atoms with Crippen molar-refractivity contribution in [2.75, 3.05) is 23.9 Å². The van der Waals surface area contributed by atoms with Gasteiger partial charge in [-0.3, -0.25) is 10.2 Å². The molecule has 0 aliphatic heterocycles. The smallest absolute Gasteiger partial charge is 0.307 e. The summed E-state index contributed by atoms with van der Waals surface area (Å²) in [5.74, 6) is 6.06. The van der Waals surface area contributed by atoms with E-state index in [0.29, 0.717) is 24.9 Å². The molecule has 0 atom stereocenters. The number of nitrogen functional groups attached to an aromatic ring is 1. The van der Waals surface area contributed by atoms with Gasteiger partial charge in [-0.25, -0.2) is 10.8 Å². The maximum absolute atomic E-state index is 11.3. The van der Waals surface area contributed by atoms with Gasteiger partial charge in [-0.15, -0.1) is 0 Å². The average molecular weight is 275 g/mol. The Bertz CT molecular complexity index is 602. The first-order valence-corrected chi connectivity index (χ1v) is 6.37. The van der Waals surface area contributed by atoms with Gasteiger partial charge in [0.05, 0.1) is 18.5 Å². The molecule has 1 aromatic carbocycles. The van der Waals surface area contributed by atoms with Crippen molar-refractivity contribution in [1.29, 1.82) is 0 Å². The van der Waals surface area contributed by atoms with Gasteiger partial charge in [0.15, 0.2) is 0 Å². The number of para-hydroxylation sites is 1. The number of hydrazine groups is 1. The number of benzene rings is 1. The Labute approximate surface area is 116 Å². The molecule has 20 heavy (non-hydrogen) atoms. The maximum atomic E-state index is 11.3. The third kappa shape index (κ3) is 3.33. The Balaban J connectivity index is 2.14. The molecular weight excluding hydrogens is 258 g/mol. The van der Waals surface area contributed by atoms with E-state index in [-0.39, 0.29) is 12.4 Å². The van der Waals surface area contributed by atoms with Crippen LogP contribution in [0.2, 0.25) is 0 Å². The van der Waals surface area contributed by atoms with Crippen molar-refractivity contribution in [3.05, 3.63) is 24.3 Å². The Morgan fingerprint density at radius 3 is 2.90 bits per heavy atom. The zero-order valence-electron chi connectivity index (χ0n) is 11.2. The Kier molecular flexibility index (Phi) is 4.67. The van der Waals surface area contributed by atoms with Crippen LogP contribution in [0.3, 0.4) is 0 Å². The summed E-state index contributed by atoms with van der Waals surface area (Å²) in [6.45, 7) is 2.60. The number of carbonyl (C=O) groups excluding carboxylic acids is 1. The van der Waals surface area contributed by atoms with Crippen LogP contribution in [0.5, 0.6) is 0 Å². The van der Waals surface area contributed by atoms with Crippen LogP contribution in [-0.2, 0) is 9.53 Å². The van der Waals surface area contributed by atoms with Gasteiger partial charge < -0.3 is 10.1 Å². The molecule has 1 aromatic heterocycles. The van der Waals surface area contributed by atoms with E-state index < -0.39 is 0 Å². The Morgan fingerprint density at radius 2 is 2.15 bits per heavy atom. The lowest BCUT2D eigenvalue weighted by molar-refractivity contribution is -0.142. The summed E-state index contributed by atoms with van der Waals surface area (Å²) in [5, 5.41) is 3.97. The average Bonchev–Trinajstić information content (AvgIpc) is 2.47. The van der Waals surface area contributed by atoms with E-state index in [0.717, 1.165) is 10.9 Å². The van der Waals surface area contributed by atoms with Crippen molar-refractivity contribution in [3.8, 4) is 0 Å². The number of anilines is 2. The maximum Gasteiger partial charge on any atom is 0.307 e. The number of hydrogen-bond donors (Lipinski definition) is 3. The predicted octanol–water partition coefficient (Wildman–Crippen LogP) is 1.28. The van der Waals surface area contributed by atoms with Crippen molar-refractivity contribution < 1.29 is 9.53 Å². The fourth-order valence-electron chi connectivity index (χ4n) is 1.79. The SMILES string of the molecule is CCOC(=O)CCNc1nc(NN)nc2ccccc12. The minimum atomic E-state index is -0.240. The quantitative estimate of drug-likeness (QED) is 0.414. The van der Waals surface area contributed by atoms with Crippen molar-refractivity contribution >= 4 is 28.6 Å². The molecule has 0 aliphatic rings. The monoisotopic (exact) mass is 275 g/mol. The molecule has 0 amide bonds. The van der Waals surface area contributed by atoms with Crippen LogP contribution < -0.4 is 16.6 Å². The zero-order chi connectivity index (χ0) is 14.4. The number of nitrogens with one attached hydrogen (secondary N) is 2. The van der Waals surface area contributed by atoms with E-state index in [2.05, 4.69) is 20.7 Å². The van der Waals surface area contributed by atoms with Crippen molar-refractivity contribution in [2.24, 2.45) is 5.84 Å². The third-order valence-corrected chi connectivity index (χ3v) is 2.66. The number of rotatable bonds is 6. The van der Waals surface area contributed by atoms with E-state index in [9.17, 15) is 4.79 Å². The van der Waals surface area contributed by atoms with E-state index in [1.807, 2.05) is 24.3 Å². The highest BCUT2D eigenvalue weighted by Crippen LogP contribution is 2.21. The molecule has 0 saturated carbocycles. The predicted molar refractivity (Wildman–Crippen MR) is 77.1 cm³/mol. The van der Waals surface area contributed by atoms with E-state index >= 15 is 0 Å². The van der Waals surface area contributed by atoms with Crippen LogP contribution in [0, 0.1) is 0 Å². The molecule has 0 bridgehead atoms. The fraction of sp³-hybridized carbons (Fsp3) is 0.308. The second kappa shape index (κ2) is 6.67. The standard InChI is InChI=1S/C13H17N5O2/c1-2-20-11(19)7-8-15-12-9-5-3-4-6-10(9)16-13(17-12)18-14/h3-6H,2,7-8,14H2,1H3,(H2,15,16,17,18). The van der Waals surface area contributed by atoms with Crippen LogP contribution >= 0.6 is 0 Å². The molecule has 7 nitrogen and oxygen atoms in total. The summed E-state index contributed by atoms with van der Waals surface area (Å²) in [7, 11) is 0. The van der Waals surface area contributed by atoms with Gasteiger partial charge in [0.25, 0.3) is 0 Å². The molecule has 7 heteroatoms. The van der Waals surface area contributed by atoms with E-state index in [4.69, 9.17) is 10.6 Å². The summed E-state index contributed by atoms with van der Waals surface area (Å²) >= 11 is 0. The molecule has 0 radical (unpaired) electrons. The molecule has 2 rings (SSSR count). The summed E-state index contributed by atoms with van der Waals surface area (Å²) in [4.78, 5) is 19.8. The first-order valence-electron chi connectivity index (χ1n) is 6.37. The second-order valence-electron chi connectivity index (χ2n) is 4.04. The first-order chi connectivity index (χ1) is 9.74. The number of aromatic nitrogens is 2. The molecular formula is C13H17N5O2. The van der Waals surface area contributed by atoms with Crippen molar-refractivity contribution in [1.82, 2.24) is 9.97 Å². The minimum absolute atomic E-state index is 0.240. The summed E-state index contributed by atoms with van der Waals surface area (Å²) < 4.78 is 4.87. The van der Waals surface area contributed by atoms with E-state index in [1.165, 1.54) is 0 Å². The number of nitrogens with two attached hydrogens (primary N) is 1. The lowest BCUT2D eigenvalue weighted by atomic mass is 10.2. The number of nitrogens with zero attached hydrogens (tertiary/aromatic N) is 2. The largest absolute Gasteiger partial charge is 0.466 e. The Hall–Kier alpha value is -2.41. The number of fused-ring (bicyclic) bond motifs is 1. The zero-order valence-corrected chi connectivity index (χ0v) is 11.2. The van der Waals surface area contributed by atoms with Crippen LogP contribution in [0.25, 0.3) is 10.9 Å². The van der Waals surface area contributed by atoms with Crippen LogP contribution in [0.15, 0.2) is 24.3 Å². The topological polar surface area (TPSA) is 102 Å². The summed E-state index contributed by atoms with van der Waals surface area (Å²) in [6.07, 6.45) is 0.275. The van der Waals surface area contributed by atoms with Gasteiger partial charge in [0.2, 0.25) is 5.95 Å². The second-order valence-corrected chi connectivity index (χ2v) is 4.04. The van der Waals surface area contributed by atoms with Gasteiger partial charge >= 0.3 is 5.97 Å². The van der Waals surface area contributed by atoms with Gasteiger partial charge in [0.1, 0.15) is 5.82 Å². The van der Waals surface area contributed by atoms with Gasteiger partial charge in [-0.2, -0.15) is 4.98 Å². The first kappa shape index (κ1) is 14.0. The molecule has 0 unspecified atom stereocenters. The molecule has 0 aliphatic carbocycles. The van der Waals surface area contributed by atoms with Crippen LogP contribution in [0.4, 0.5) is 11.8 Å². The lowest BCUT2D eigenvalue weighted by Gasteiger charge is -2.10. The van der Waals surface area contributed by atoms with Crippen LogP contribution in [-0.4, -0.2) is 29.1 Å². The van der Waals surface area contributed by atoms with Gasteiger partial charge in [0, 0.05) is 11.9 Å². The number of ether oxygens (including phenoxy) is 1. The molecule has 0 fully saturated rings.